The molecule has 0 aliphatic heterocycles. The highest BCUT2D eigenvalue weighted by atomic mass is 14.3. The Morgan fingerprint density at radius 3 is 2.09 bits per heavy atom. The zero-order valence-electron chi connectivity index (χ0n) is 15.0. The largest absolute Gasteiger partial charge is 0.0616 e. The molecule has 1 radical (unpaired) electrons. The molecule has 0 heteroatoms. The lowest BCUT2D eigenvalue weighted by Crippen LogP contribution is -2.10. The van der Waals surface area contributed by atoms with Crippen LogP contribution in [0.5, 0.6) is 0 Å². The van der Waals surface area contributed by atoms with Crippen molar-refractivity contribution in [3.63, 3.8) is 0 Å². The molecule has 0 nitrogen and oxygen atoms in total. The first-order chi connectivity index (χ1) is 11.0. The highest BCUT2D eigenvalue weighted by Gasteiger charge is 2.23. The Morgan fingerprint density at radius 1 is 0.826 bits per heavy atom. The van der Waals surface area contributed by atoms with Crippen molar-refractivity contribution < 1.29 is 0 Å². The van der Waals surface area contributed by atoms with Crippen molar-refractivity contribution in [3.05, 3.63) is 71.1 Å². The van der Waals surface area contributed by atoms with Crippen molar-refractivity contribution in [2.24, 2.45) is 0 Å². The summed E-state index contributed by atoms with van der Waals surface area (Å²) in [6, 6.07) is 15.8. The van der Waals surface area contributed by atoms with Gasteiger partial charge in [-0.3, -0.25) is 0 Å². The number of fused-ring (bicyclic) bond motifs is 1. The van der Waals surface area contributed by atoms with Crippen LogP contribution in [0.15, 0.2) is 48.0 Å². The SMILES string of the molecule is CCC1=C(CC)c2c(cccc2-c2ccc(C(C)(C)C)cc2)[CH]1. The third kappa shape index (κ3) is 2.87. The third-order valence-electron chi connectivity index (χ3n) is 4.91. The molecule has 0 bridgehead atoms. The Balaban J connectivity index is 2.10. The second kappa shape index (κ2) is 6.00. The summed E-state index contributed by atoms with van der Waals surface area (Å²) in [7, 11) is 0. The first-order valence-electron chi connectivity index (χ1n) is 8.76. The molecule has 0 saturated carbocycles. The summed E-state index contributed by atoms with van der Waals surface area (Å²) in [5, 5.41) is 0. The van der Waals surface area contributed by atoms with Crippen LogP contribution in [0.4, 0.5) is 0 Å². The van der Waals surface area contributed by atoms with Crippen LogP contribution < -0.4 is 0 Å². The fourth-order valence-corrected chi connectivity index (χ4v) is 3.57. The summed E-state index contributed by atoms with van der Waals surface area (Å²) in [6.45, 7) is 11.3. The maximum atomic E-state index is 2.38. The monoisotopic (exact) mass is 303 g/mol. The molecule has 3 rings (SSSR count). The average Bonchev–Trinajstić information content (AvgIpc) is 2.91. The van der Waals surface area contributed by atoms with E-state index >= 15 is 0 Å². The Labute approximate surface area is 141 Å². The molecule has 1 aliphatic rings. The average molecular weight is 303 g/mol. The van der Waals surface area contributed by atoms with Gasteiger partial charge in [-0.1, -0.05) is 82.7 Å². The van der Waals surface area contributed by atoms with Crippen LogP contribution in [-0.2, 0) is 5.41 Å². The minimum absolute atomic E-state index is 0.203. The topological polar surface area (TPSA) is 0 Å². The molecule has 0 fully saturated rings. The van der Waals surface area contributed by atoms with E-state index in [-0.39, 0.29) is 5.41 Å². The highest BCUT2D eigenvalue weighted by molar-refractivity contribution is 5.90. The van der Waals surface area contributed by atoms with Gasteiger partial charge in [-0.25, -0.2) is 0 Å². The summed E-state index contributed by atoms with van der Waals surface area (Å²) < 4.78 is 0. The van der Waals surface area contributed by atoms with Gasteiger partial charge in [0.1, 0.15) is 0 Å². The van der Waals surface area contributed by atoms with Crippen molar-refractivity contribution in [1.82, 2.24) is 0 Å². The van der Waals surface area contributed by atoms with Crippen molar-refractivity contribution in [3.8, 4) is 11.1 Å². The first kappa shape index (κ1) is 16.1. The lowest BCUT2D eigenvalue weighted by Gasteiger charge is -2.20. The zero-order chi connectivity index (χ0) is 16.6. The zero-order valence-corrected chi connectivity index (χ0v) is 15.0. The van der Waals surface area contributed by atoms with E-state index in [1.165, 1.54) is 39.0 Å². The molecular formula is C23H27. The molecule has 0 N–H and O–H groups in total. The predicted molar refractivity (Wildman–Crippen MR) is 101 cm³/mol. The van der Waals surface area contributed by atoms with Crippen LogP contribution in [-0.4, -0.2) is 0 Å². The van der Waals surface area contributed by atoms with Crippen LogP contribution in [0.1, 0.15) is 64.2 Å². The van der Waals surface area contributed by atoms with Gasteiger partial charge in [-0.05, 0) is 51.6 Å². The minimum atomic E-state index is 0.203. The van der Waals surface area contributed by atoms with E-state index < -0.39 is 0 Å². The molecule has 0 saturated heterocycles. The number of rotatable bonds is 3. The summed E-state index contributed by atoms with van der Waals surface area (Å²) >= 11 is 0. The smallest absolute Gasteiger partial charge is 0.0167 e. The first-order valence-corrected chi connectivity index (χ1v) is 8.76. The number of benzene rings is 2. The molecule has 0 spiro atoms. The van der Waals surface area contributed by atoms with Gasteiger partial charge in [-0.15, -0.1) is 0 Å². The van der Waals surface area contributed by atoms with Gasteiger partial charge in [0.05, 0.1) is 0 Å². The van der Waals surface area contributed by atoms with E-state index in [2.05, 4.69) is 83.5 Å². The van der Waals surface area contributed by atoms with Gasteiger partial charge in [0.25, 0.3) is 0 Å². The van der Waals surface area contributed by atoms with Crippen LogP contribution in [0.25, 0.3) is 16.7 Å². The minimum Gasteiger partial charge on any atom is -0.0616 e. The van der Waals surface area contributed by atoms with Gasteiger partial charge in [-0.2, -0.15) is 0 Å². The molecule has 0 atom stereocenters. The van der Waals surface area contributed by atoms with E-state index in [4.69, 9.17) is 0 Å². The number of allylic oxidation sites excluding steroid dienone is 2. The standard InChI is InChI=1S/C23H27/c1-6-16-15-18-9-8-10-21(22(18)20(16)7-2)17-11-13-19(14-12-17)23(3,4)5/h8-15H,6-7H2,1-5H3. The van der Waals surface area contributed by atoms with E-state index in [1.807, 2.05) is 0 Å². The predicted octanol–water partition coefficient (Wildman–Crippen LogP) is 6.79. The molecule has 0 unspecified atom stereocenters. The Bertz CT molecular complexity index is 737. The molecule has 119 valence electrons. The van der Waals surface area contributed by atoms with Gasteiger partial charge < -0.3 is 0 Å². The summed E-state index contributed by atoms with van der Waals surface area (Å²) in [5.41, 5.74) is 10.2. The molecule has 1 aliphatic carbocycles. The summed E-state index contributed by atoms with van der Waals surface area (Å²) in [4.78, 5) is 0. The van der Waals surface area contributed by atoms with Crippen molar-refractivity contribution in [2.45, 2.75) is 52.9 Å². The van der Waals surface area contributed by atoms with Crippen LogP contribution in [0, 0.1) is 6.42 Å². The molecule has 0 aromatic heterocycles. The second-order valence-corrected chi connectivity index (χ2v) is 7.45. The quantitative estimate of drug-likeness (QED) is 0.585. The second-order valence-electron chi connectivity index (χ2n) is 7.45. The Kier molecular flexibility index (Phi) is 4.19. The van der Waals surface area contributed by atoms with E-state index in [9.17, 15) is 0 Å². The summed E-state index contributed by atoms with van der Waals surface area (Å²) in [6.07, 6.45) is 4.59. The highest BCUT2D eigenvalue weighted by Crippen LogP contribution is 2.43. The van der Waals surface area contributed by atoms with Crippen molar-refractivity contribution >= 4 is 5.57 Å². The van der Waals surface area contributed by atoms with Gasteiger partial charge in [0, 0.05) is 6.42 Å². The van der Waals surface area contributed by atoms with Crippen LogP contribution >= 0.6 is 0 Å². The summed E-state index contributed by atoms with van der Waals surface area (Å²) in [5.74, 6) is 0. The Hall–Kier alpha value is -1.82. The van der Waals surface area contributed by atoms with E-state index in [0.717, 1.165) is 12.8 Å². The molecule has 0 amide bonds. The van der Waals surface area contributed by atoms with Gasteiger partial charge in [0.2, 0.25) is 0 Å². The lowest BCUT2D eigenvalue weighted by atomic mass is 9.85. The van der Waals surface area contributed by atoms with E-state index in [1.54, 1.807) is 0 Å². The van der Waals surface area contributed by atoms with Crippen LogP contribution in [0.3, 0.4) is 0 Å². The Morgan fingerprint density at radius 2 is 1.52 bits per heavy atom. The fourth-order valence-electron chi connectivity index (χ4n) is 3.57. The third-order valence-corrected chi connectivity index (χ3v) is 4.91. The van der Waals surface area contributed by atoms with Crippen molar-refractivity contribution in [1.29, 1.82) is 0 Å². The lowest BCUT2D eigenvalue weighted by molar-refractivity contribution is 0.590. The van der Waals surface area contributed by atoms with Gasteiger partial charge in [0.15, 0.2) is 0 Å². The normalized spacial score (nSPS) is 14.3. The van der Waals surface area contributed by atoms with Crippen LogP contribution in [0.2, 0.25) is 0 Å². The van der Waals surface area contributed by atoms with Crippen molar-refractivity contribution in [2.75, 3.05) is 0 Å². The maximum absolute atomic E-state index is 2.38. The van der Waals surface area contributed by atoms with Gasteiger partial charge >= 0.3 is 0 Å². The fraction of sp³-hybridized carbons (Fsp3) is 0.348. The molecule has 2 aromatic carbocycles. The van der Waals surface area contributed by atoms with E-state index in [0.29, 0.717) is 0 Å². The number of hydrogen-bond donors (Lipinski definition) is 0. The molecule has 0 heterocycles. The molecule has 23 heavy (non-hydrogen) atoms. The number of hydrogen-bond acceptors (Lipinski definition) is 0. The molecule has 2 aromatic rings. The maximum Gasteiger partial charge on any atom is 0.0167 e. The molecular weight excluding hydrogens is 276 g/mol.